The molecule has 2 unspecified atom stereocenters. The van der Waals surface area contributed by atoms with Gasteiger partial charge in [0.15, 0.2) is 0 Å². The Morgan fingerprint density at radius 2 is 1.76 bits per heavy atom. The van der Waals surface area contributed by atoms with Gasteiger partial charge in [-0.2, -0.15) is 0 Å². The predicted molar refractivity (Wildman–Crippen MR) is 63.1 cm³/mol. The van der Waals surface area contributed by atoms with E-state index in [0.29, 0.717) is 0 Å². The molecule has 0 saturated heterocycles. The molecule has 2 aliphatic rings. The average molecular weight is 239 g/mol. The number of amides is 1. The van der Waals surface area contributed by atoms with Crippen LogP contribution in [0, 0.1) is 23.7 Å². The SMILES string of the molecule is COC(=O)[C@@H](NC(=O)C1CC2CC2C1)C(C)C. The minimum absolute atomic E-state index is 0.0290. The summed E-state index contributed by atoms with van der Waals surface area (Å²) in [5, 5.41) is 2.84. The first-order chi connectivity index (χ1) is 8.02. The van der Waals surface area contributed by atoms with Gasteiger partial charge >= 0.3 is 5.97 Å². The van der Waals surface area contributed by atoms with Crippen molar-refractivity contribution < 1.29 is 14.3 Å². The second-order valence-electron chi connectivity index (χ2n) is 5.68. The molecule has 0 aromatic carbocycles. The van der Waals surface area contributed by atoms with E-state index in [4.69, 9.17) is 4.74 Å². The van der Waals surface area contributed by atoms with Gasteiger partial charge in [-0.1, -0.05) is 13.8 Å². The predicted octanol–water partition coefficient (Wildman–Crippen LogP) is 1.35. The van der Waals surface area contributed by atoms with Crippen molar-refractivity contribution in [2.24, 2.45) is 23.7 Å². The van der Waals surface area contributed by atoms with E-state index in [1.807, 2.05) is 13.8 Å². The highest BCUT2D eigenvalue weighted by molar-refractivity contribution is 5.86. The molecule has 4 heteroatoms. The standard InChI is InChI=1S/C13H21NO3/c1-7(2)11(13(16)17-3)14-12(15)10-5-8-4-9(8)6-10/h7-11H,4-6H2,1-3H3,(H,14,15)/t8?,9?,10?,11-/m0/s1. The van der Waals surface area contributed by atoms with Crippen LogP contribution in [-0.4, -0.2) is 25.0 Å². The number of nitrogens with one attached hydrogen (secondary N) is 1. The molecule has 17 heavy (non-hydrogen) atoms. The fourth-order valence-corrected chi connectivity index (χ4v) is 2.82. The van der Waals surface area contributed by atoms with E-state index in [0.717, 1.165) is 24.7 Å². The van der Waals surface area contributed by atoms with Gasteiger partial charge < -0.3 is 10.1 Å². The van der Waals surface area contributed by atoms with Crippen molar-refractivity contribution >= 4 is 11.9 Å². The number of carbonyl (C=O) groups excluding carboxylic acids is 2. The lowest BCUT2D eigenvalue weighted by atomic mass is 9.99. The second-order valence-corrected chi connectivity index (χ2v) is 5.68. The van der Waals surface area contributed by atoms with E-state index >= 15 is 0 Å². The molecule has 0 spiro atoms. The molecule has 0 heterocycles. The molecule has 2 aliphatic carbocycles. The molecule has 4 nitrogen and oxygen atoms in total. The zero-order chi connectivity index (χ0) is 12.6. The maximum atomic E-state index is 12.0. The molecule has 3 atom stereocenters. The van der Waals surface area contributed by atoms with Gasteiger partial charge in [-0.25, -0.2) is 4.79 Å². The van der Waals surface area contributed by atoms with Crippen LogP contribution in [0.4, 0.5) is 0 Å². The molecular formula is C13H21NO3. The Hall–Kier alpha value is -1.06. The number of esters is 1. The van der Waals surface area contributed by atoms with E-state index in [9.17, 15) is 9.59 Å². The lowest BCUT2D eigenvalue weighted by Gasteiger charge is -2.22. The molecule has 1 N–H and O–H groups in total. The quantitative estimate of drug-likeness (QED) is 0.753. The molecule has 2 saturated carbocycles. The third-order valence-corrected chi connectivity index (χ3v) is 4.03. The van der Waals surface area contributed by atoms with Crippen LogP contribution in [0.1, 0.15) is 33.1 Å². The van der Waals surface area contributed by atoms with E-state index in [2.05, 4.69) is 5.32 Å². The Balaban J connectivity index is 1.88. The van der Waals surface area contributed by atoms with E-state index in [-0.39, 0.29) is 23.7 Å². The van der Waals surface area contributed by atoms with Crippen molar-refractivity contribution in [2.75, 3.05) is 7.11 Å². The largest absolute Gasteiger partial charge is 0.467 e. The molecule has 0 aromatic heterocycles. The lowest BCUT2D eigenvalue weighted by molar-refractivity contribution is -0.146. The van der Waals surface area contributed by atoms with Crippen LogP contribution in [0.15, 0.2) is 0 Å². The number of ether oxygens (including phenoxy) is 1. The minimum atomic E-state index is -0.510. The molecule has 2 rings (SSSR count). The number of fused-ring (bicyclic) bond motifs is 1. The number of methoxy groups -OCH3 is 1. The summed E-state index contributed by atoms with van der Waals surface area (Å²) in [4.78, 5) is 23.6. The van der Waals surface area contributed by atoms with Gasteiger partial charge in [0.25, 0.3) is 0 Å². The van der Waals surface area contributed by atoms with Crippen molar-refractivity contribution in [3.63, 3.8) is 0 Å². The van der Waals surface area contributed by atoms with Crippen molar-refractivity contribution in [3.8, 4) is 0 Å². The van der Waals surface area contributed by atoms with Crippen LogP contribution in [-0.2, 0) is 14.3 Å². The number of rotatable bonds is 4. The molecule has 1 amide bonds. The van der Waals surface area contributed by atoms with Crippen LogP contribution in [0.5, 0.6) is 0 Å². The minimum Gasteiger partial charge on any atom is -0.467 e. The van der Waals surface area contributed by atoms with E-state index in [1.165, 1.54) is 13.5 Å². The van der Waals surface area contributed by atoms with Crippen LogP contribution in [0.2, 0.25) is 0 Å². The van der Waals surface area contributed by atoms with Crippen molar-refractivity contribution in [1.82, 2.24) is 5.32 Å². The summed E-state index contributed by atoms with van der Waals surface area (Å²) in [6.45, 7) is 3.82. The van der Waals surface area contributed by atoms with Crippen LogP contribution in [0.3, 0.4) is 0 Å². The number of carbonyl (C=O) groups is 2. The molecule has 96 valence electrons. The van der Waals surface area contributed by atoms with Gasteiger partial charge in [-0.3, -0.25) is 4.79 Å². The Bertz CT molecular complexity index is 317. The van der Waals surface area contributed by atoms with Gasteiger partial charge in [0, 0.05) is 5.92 Å². The van der Waals surface area contributed by atoms with Gasteiger partial charge in [0.1, 0.15) is 6.04 Å². The first kappa shape index (κ1) is 12.4. The van der Waals surface area contributed by atoms with E-state index < -0.39 is 6.04 Å². The maximum absolute atomic E-state index is 12.0. The molecule has 2 fully saturated rings. The Kier molecular flexibility index (Phi) is 3.40. The summed E-state index contributed by atoms with van der Waals surface area (Å²) in [5.41, 5.74) is 0. The number of hydrogen-bond donors (Lipinski definition) is 1. The van der Waals surface area contributed by atoms with Gasteiger partial charge in [-0.05, 0) is 37.0 Å². The summed E-state index contributed by atoms with van der Waals surface area (Å²) in [7, 11) is 1.36. The summed E-state index contributed by atoms with van der Waals surface area (Å²) < 4.78 is 4.71. The van der Waals surface area contributed by atoms with Crippen molar-refractivity contribution in [3.05, 3.63) is 0 Å². The first-order valence-electron chi connectivity index (χ1n) is 6.41. The van der Waals surface area contributed by atoms with Crippen LogP contribution >= 0.6 is 0 Å². The smallest absolute Gasteiger partial charge is 0.328 e. The molecule has 0 aromatic rings. The maximum Gasteiger partial charge on any atom is 0.328 e. The Morgan fingerprint density at radius 1 is 1.18 bits per heavy atom. The lowest BCUT2D eigenvalue weighted by Crippen LogP contribution is -2.47. The Morgan fingerprint density at radius 3 is 2.24 bits per heavy atom. The van der Waals surface area contributed by atoms with Crippen LogP contribution in [0.25, 0.3) is 0 Å². The molecular weight excluding hydrogens is 218 g/mol. The highest BCUT2D eigenvalue weighted by Crippen LogP contribution is 2.54. The van der Waals surface area contributed by atoms with Gasteiger partial charge in [-0.15, -0.1) is 0 Å². The zero-order valence-corrected chi connectivity index (χ0v) is 10.7. The third kappa shape index (κ3) is 2.61. The average Bonchev–Trinajstić information content (AvgIpc) is 2.91. The summed E-state index contributed by atoms with van der Waals surface area (Å²) in [6.07, 6.45) is 3.30. The van der Waals surface area contributed by atoms with Crippen molar-refractivity contribution in [2.45, 2.75) is 39.2 Å². The van der Waals surface area contributed by atoms with Gasteiger partial charge in [0.05, 0.1) is 7.11 Å². The fraction of sp³-hybridized carbons (Fsp3) is 0.846. The topological polar surface area (TPSA) is 55.4 Å². The zero-order valence-electron chi connectivity index (χ0n) is 10.7. The fourth-order valence-electron chi connectivity index (χ4n) is 2.82. The first-order valence-corrected chi connectivity index (χ1v) is 6.41. The third-order valence-electron chi connectivity index (χ3n) is 4.03. The second kappa shape index (κ2) is 4.67. The number of hydrogen-bond acceptors (Lipinski definition) is 3. The molecule has 0 radical (unpaired) electrons. The van der Waals surface area contributed by atoms with Gasteiger partial charge in [0.2, 0.25) is 5.91 Å². The van der Waals surface area contributed by atoms with Crippen LogP contribution < -0.4 is 5.32 Å². The highest BCUT2D eigenvalue weighted by Gasteiger charge is 2.48. The molecule has 0 aliphatic heterocycles. The summed E-state index contributed by atoms with van der Waals surface area (Å²) in [6, 6.07) is -0.510. The monoisotopic (exact) mass is 239 g/mol. The summed E-state index contributed by atoms with van der Waals surface area (Å²) >= 11 is 0. The Labute approximate surface area is 102 Å². The van der Waals surface area contributed by atoms with Crippen molar-refractivity contribution in [1.29, 1.82) is 0 Å². The normalized spacial score (nSPS) is 31.9. The van der Waals surface area contributed by atoms with E-state index in [1.54, 1.807) is 0 Å². The summed E-state index contributed by atoms with van der Waals surface area (Å²) in [5.74, 6) is 1.41. The highest BCUT2D eigenvalue weighted by atomic mass is 16.5. The molecule has 0 bridgehead atoms.